The standard InChI is InChI=1S/C26H25F4N3O3/c1-15(32-25(35)16(2)34)24(17-3-5-19(6-4-17)26(28,29)30)36-22-11-12-23(18(13-22)14-31)33-21-9-7-20(27)8-10-21/h3-16,24,31,33-34H,1-2H3,(H,32,35)/p+1/t15-,16+,24-/m0/s1. The molecule has 0 spiro atoms. The Kier molecular flexibility index (Phi) is 8.44. The molecule has 0 aromatic heterocycles. The highest BCUT2D eigenvalue weighted by Crippen LogP contribution is 2.32. The van der Waals surface area contributed by atoms with Gasteiger partial charge in [0.25, 0.3) is 0 Å². The van der Waals surface area contributed by atoms with Gasteiger partial charge in [0.05, 0.1) is 17.2 Å². The van der Waals surface area contributed by atoms with Crippen molar-refractivity contribution in [1.82, 2.24) is 5.32 Å². The molecule has 3 aromatic rings. The van der Waals surface area contributed by atoms with Crippen LogP contribution in [-0.2, 0) is 11.0 Å². The van der Waals surface area contributed by atoms with Crippen molar-refractivity contribution in [1.29, 1.82) is 5.41 Å². The lowest BCUT2D eigenvalue weighted by atomic mass is 10.0. The Labute approximate surface area is 205 Å². The molecule has 3 atom stereocenters. The number of aliphatic hydroxyl groups excluding tert-OH is 1. The fourth-order valence-electron chi connectivity index (χ4n) is 3.51. The molecule has 0 radical (unpaired) electrons. The van der Waals surface area contributed by atoms with Crippen LogP contribution < -0.4 is 15.4 Å². The second-order valence-electron chi connectivity index (χ2n) is 8.26. The summed E-state index contributed by atoms with van der Waals surface area (Å²) in [5, 5.41) is 21.7. The van der Waals surface area contributed by atoms with Crippen LogP contribution in [0.25, 0.3) is 0 Å². The predicted molar refractivity (Wildman–Crippen MR) is 126 cm³/mol. The van der Waals surface area contributed by atoms with Crippen LogP contribution in [0.5, 0.6) is 5.75 Å². The fourth-order valence-corrected chi connectivity index (χ4v) is 3.51. The Bertz CT molecular complexity index is 1200. The summed E-state index contributed by atoms with van der Waals surface area (Å²) >= 11 is 0. The highest BCUT2D eigenvalue weighted by Gasteiger charge is 2.31. The molecule has 0 fully saturated rings. The SMILES string of the molecule is C[C@H](NC(=O)[C@@H](C)O)[C@H](Oc1ccc([NH2+]c2ccc(F)cc2)c(C=N)c1)c1ccc(C(F)(F)F)cc1. The van der Waals surface area contributed by atoms with Crippen molar-refractivity contribution < 1.29 is 37.5 Å². The number of carbonyl (C=O) groups excluding carboxylic acids is 1. The summed E-state index contributed by atoms with van der Waals surface area (Å²) in [4.78, 5) is 12.0. The number of carbonyl (C=O) groups is 1. The van der Waals surface area contributed by atoms with E-state index in [0.29, 0.717) is 22.6 Å². The van der Waals surface area contributed by atoms with Gasteiger partial charge in [-0.25, -0.2) is 4.39 Å². The summed E-state index contributed by atoms with van der Waals surface area (Å²) in [5.74, 6) is -0.713. The zero-order valence-electron chi connectivity index (χ0n) is 19.5. The fraction of sp³-hybridized carbons (Fsp3) is 0.231. The maximum absolute atomic E-state index is 13.2. The van der Waals surface area contributed by atoms with Crippen molar-refractivity contribution in [2.75, 3.05) is 0 Å². The van der Waals surface area contributed by atoms with Gasteiger partial charge in [-0.1, -0.05) is 12.1 Å². The second kappa shape index (κ2) is 11.3. The number of rotatable bonds is 9. The van der Waals surface area contributed by atoms with Crippen molar-refractivity contribution in [3.8, 4) is 5.75 Å². The van der Waals surface area contributed by atoms with E-state index in [9.17, 15) is 27.5 Å². The number of hydrogen-bond donors (Lipinski definition) is 4. The summed E-state index contributed by atoms with van der Waals surface area (Å²) < 4.78 is 58.4. The zero-order valence-corrected chi connectivity index (χ0v) is 19.5. The van der Waals surface area contributed by atoms with Gasteiger partial charge in [0.15, 0.2) is 0 Å². The van der Waals surface area contributed by atoms with E-state index in [1.54, 1.807) is 42.6 Å². The molecule has 0 aliphatic heterocycles. The minimum atomic E-state index is -4.50. The topological polar surface area (TPSA) is 99.0 Å². The number of ether oxygens (including phenoxy) is 1. The molecule has 5 N–H and O–H groups in total. The zero-order chi connectivity index (χ0) is 26.5. The van der Waals surface area contributed by atoms with Gasteiger partial charge in [-0.2, -0.15) is 13.2 Å². The number of nitrogens with one attached hydrogen (secondary N) is 2. The van der Waals surface area contributed by atoms with Gasteiger partial charge < -0.3 is 20.6 Å². The molecule has 3 aromatic carbocycles. The summed E-state index contributed by atoms with van der Waals surface area (Å²) in [6, 6.07) is 14.4. The number of amides is 1. The average Bonchev–Trinajstić information content (AvgIpc) is 2.84. The van der Waals surface area contributed by atoms with Crippen LogP contribution in [0.1, 0.15) is 36.6 Å². The van der Waals surface area contributed by atoms with Crippen LogP contribution in [0, 0.1) is 11.2 Å². The van der Waals surface area contributed by atoms with Crippen LogP contribution >= 0.6 is 0 Å². The van der Waals surface area contributed by atoms with E-state index < -0.39 is 35.9 Å². The molecular weight excluding hydrogens is 478 g/mol. The third kappa shape index (κ3) is 6.89. The average molecular weight is 505 g/mol. The van der Waals surface area contributed by atoms with E-state index in [1.807, 2.05) is 0 Å². The minimum Gasteiger partial charge on any atom is -0.484 e. The van der Waals surface area contributed by atoms with Gasteiger partial charge in [0.1, 0.15) is 35.1 Å². The molecule has 0 saturated carbocycles. The van der Waals surface area contributed by atoms with Gasteiger partial charge in [-0.3, -0.25) is 10.1 Å². The quantitative estimate of drug-likeness (QED) is 0.198. The van der Waals surface area contributed by atoms with Crippen molar-refractivity contribution in [3.63, 3.8) is 0 Å². The molecular formula is C26H26F4N3O3+. The number of halogens is 4. The molecule has 10 heteroatoms. The molecule has 6 nitrogen and oxygen atoms in total. The normalized spacial score (nSPS) is 14.0. The van der Waals surface area contributed by atoms with Gasteiger partial charge in [-0.15, -0.1) is 0 Å². The van der Waals surface area contributed by atoms with E-state index in [1.165, 1.54) is 31.2 Å². The number of alkyl halides is 3. The number of hydrogen-bond acceptors (Lipinski definition) is 4. The first-order valence-corrected chi connectivity index (χ1v) is 11.0. The highest BCUT2D eigenvalue weighted by atomic mass is 19.4. The number of aliphatic hydroxyl groups is 1. The maximum Gasteiger partial charge on any atom is 0.416 e. The summed E-state index contributed by atoms with van der Waals surface area (Å²) in [5.41, 5.74) is 1.44. The van der Waals surface area contributed by atoms with Gasteiger partial charge in [-0.05, 0) is 55.8 Å². The highest BCUT2D eigenvalue weighted by molar-refractivity contribution is 5.84. The Morgan fingerprint density at radius 2 is 1.69 bits per heavy atom. The number of nitrogens with two attached hydrogens (primary N) is 1. The Morgan fingerprint density at radius 1 is 1.06 bits per heavy atom. The van der Waals surface area contributed by atoms with Crippen molar-refractivity contribution in [2.45, 2.75) is 38.3 Å². The molecule has 0 bridgehead atoms. The summed E-state index contributed by atoms with van der Waals surface area (Å²) in [6.07, 6.45) is -5.57. The Balaban J connectivity index is 1.89. The van der Waals surface area contributed by atoms with Crippen molar-refractivity contribution in [2.24, 2.45) is 0 Å². The lowest BCUT2D eigenvalue weighted by Crippen LogP contribution is -2.71. The van der Waals surface area contributed by atoms with Crippen molar-refractivity contribution >= 4 is 23.5 Å². The van der Waals surface area contributed by atoms with E-state index in [4.69, 9.17) is 10.1 Å². The molecule has 0 heterocycles. The number of quaternary nitrogens is 1. The van der Waals surface area contributed by atoms with Crippen molar-refractivity contribution in [3.05, 3.63) is 89.2 Å². The van der Waals surface area contributed by atoms with E-state index in [2.05, 4.69) is 5.32 Å². The van der Waals surface area contributed by atoms with Crippen LogP contribution in [0.2, 0.25) is 0 Å². The van der Waals surface area contributed by atoms with E-state index in [-0.39, 0.29) is 5.82 Å². The van der Waals surface area contributed by atoms with Gasteiger partial charge >= 0.3 is 6.18 Å². The second-order valence-corrected chi connectivity index (χ2v) is 8.26. The smallest absolute Gasteiger partial charge is 0.416 e. The third-order valence-electron chi connectivity index (χ3n) is 5.44. The van der Waals surface area contributed by atoms with E-state index in [0.717, 1.165) is 24.0 Å². The van der Waals surface area contributed by atoms with Gasteiger partial charge in [0, 0.05) is 24.4 Å². The largest absolute Gasteiger partial charge is 0.484 e. The lowest BCUT2D eigenvalue weighted by molar-refractivity contribution is -0.478. The van der Waals surface area contributed by atoms with Gasteiger partial charge in [0.2, 0.25) is 5.91 Å². The first-order valence-electron chi connectivity index (χ1n) is 11.0. The van der Waals surface area contributed by atoms with Crippen LogP contribution in [-0.4, -0.2) is 29.4 Å². The van der Waals surface area contributed by atoms with Crippen LogP contribution in [0.3, 0.4) is 0 Å². The molecule has 3 rings (SSSR count). The molecule has 0 aliphatic carbocycles. The molecule has 1 amide bonds. The number of benzene rings is 3. The van der Waals surface area contributed by atoms with Crippen LogP contribution in [0.15, 0.2) is 66.7 Å². The molecule has 36 heavy (non-hydrogen) atoms. The molecule has 190 valence electrons. The monoisotopic (exact) mass is 504 g/mol. The predicted octanol–water partition coefficient (Wildman–Crippen LogP) is 4.37. The summed E-state index contributed by atoms with van der Waals surface area (Å²) in [7, 11) is 0. The third-order valence-corrected chi connectivity index (χ3v) is 5.44. The molecule has 0 saturated heterocycles. The maximum atomic E-state index is 13.2. The minimum absolute atomic E-state index is 0.313. The summed E-state index contributed by atoms with van der Waals surface area (Å²) in [6.45, 7) is 2.90. The lowest BCUT2D eigenvalue weighted by Gasteiger charge is -2.27. The first-order chi connectivity index (χ1) is 17.0. The molecule has 0 aliphatic rings. The first kappa shape index (κ1) is 26.8. The van der Waals surface area contributed by atoms with Crippen LogP contribution in [0.4, 0.5) is 28.9 Å². The molecule has 0 unspecified atom stereocenters. The Morgan fingerprint density at radius 3 is 2.25 bits per heavy atom. The Hall–Kier alpha value is -3.76. The van der Waals surface area contributed by atoms with E-state index >= 15 is 0 Å².